The molecule has 0 spiro atoms. The lowest BCUT2D eigenvalue weighted by Gasteiger charge is -2.10. The van der Waals surface area contributed by atoms with Crippen LogP contribution in [0, 0.1) is 10.1 Å². The zero-order valence-corrected chi connectivity index (χ0v) is 16.0. The lowest BCUT2D eigenvalue weighted by atomic mass is 10.3. The Morgan fingerprint density at radius 1 is 0.923 bits per heavy atom. The first-order valence-electron chi connectivity index (χ1n) is 7.17. The molecule has 0 saturated heterocycles. The maximum absolute atomic E-state index is 11.6. The van der Waals surface area contributed by atoms with Gasteiger partial charge in [0.25, 0.3) is 0 Å². The minimum absolute atomic E-state index is 0.0166. The number of nitrogens with one attached hydrogen (secondary N) is 2. The molecule has 7 nitrogen and oxygen atoms in total. The number of anilines is 4. The highest BCUT2D eigenvalue weighted by atomic mass is 79.9. The molecule has 0 atom stereocenters. The van der Waals surface area contributed by atoms with Crippen molar-refractivity contribution < 1.29 is 4.92 Å². The van der Waals surface area contributed by atoms with Gasteiger partial charge in [-0.1, -0.05) is 39.1 Å². The van der Waals surface area contributed by atoms with Crippen molar-refractivity contribution in [3.05, 3.63) is 73.4 Å². The van der Waals surface area contributed by atoms with Crippen LogP contribution in [0.5, 0.6) is 0 Å². The van der Waals surface area contributed by atoms with E-state index in [1.54, 1.807) is 30.3 Å². The first kappa shape index (κ1) is 18.4. The number of halogens is 3. The van der Waals surface area contributed by atoms with Crippen LogP contribution in [-0.4, -0.2) is 14.9 Å². The average Bonchev–Trinajstić information content (AvgIpc) is 2.56. The summed E-state index contributed by atoms with van der Waals surface area (Å²) in [6.45, 7) is 0. The summed E-state index contributed by atoms with van der Waals surface area (Å²) in [5.74, 6) is 0.0749. The number of benzene rings is 2. The molecule has 1 heterocycles. The quantitative estimate of drug-likeness (QED) is 0.366. The van der Waals surface area contributed by atoms with Gasteiger partial charge in [-0.15, -0.1) is 0 Å². The molecule has 132 valence electrons. The van der Waals surface area contributed by atoms with Crippen LogP contribution in [0.15, 0.2) is 53.3 Å². The Hall–Kier alpha value is -2.42. The van der Waals surface area contributed by atoms with Crippen molar-refractivity contribution in [2.75, 3.05) is 10.6 Å². The molecule has 0 bridgehead atoms. The topological polar surface area (TPSA) is 93.0 Å². The molecule has 1 aromatic heterocycles. The van der Waals surface area contributed by atoms with Crippen LogP contribution < -0.4 is 10.6 Å². The van der Waals surface area contributed by atoms with E-state index < -0.39 is 4.92 Å². The smallest absolute Gasteiger partial charge is 0.334 e. The van der Waals surface area contributed by atoms with Gasteiger partial charge >= 0.3 is 5.69 Å². The van der Waals surface area contributed by atoms with E-state index in [0.717, 1.165) is 4.47 Å². The number of rotatable bonds is 5. The number of nitro groups is 1. The van der Waals surface area contributed by atoms with Crippen molar-refractivity contribution in [2.24, 2.45) is 0 Å². The second kappa shape index (κ2) is 7.86. The second-order valence-corrected chi connectivity index (χ2v) is 6.88. The van der Waals surface area contributed by atoms with E-state index in [4.69, 9.17) is 23.2 Å². The van der Waals surface area contributed by atoms with Crippen LogP contribution in [0.25, 0.3) is 0 Å². The fourth-order valence-electron chi connectivity index (χ4n) is 2.17. The minimum atomic E-state index is -0.560. The SMILES string of the molecule is O=[N+]([O-])c1c(Nc2ccc(Br)cc2)ncnc1Nc1cc(Cl)cc(Cl)c1. The van der Waals surface area contributed by atoms with E-state index >= 15 is 0 Å². The highest BCUT2D eigenvalue weighted by Gasteiger charge is 2.23. The van der Waals surface area contributed by atoms with Gasteiger partial charge in [0, 0.05) is 25.9 Å². The third-order valence-electron chi connectivity index (χ3n) is 3.24. The first-order valence-corrected chi connectivity index (χ1v) is 8.72. The van der Waals surface area contributed by atoms with E-state index in [9.17, 15) is 10.1 Å². The standard InChI is InChI=1S/C16H10BrCl2N5O2/c17-9-1-3-12(4-2-9)22-15-14(24(25)26)16(21-8-20-15)23-13-6-10(18)5-11(19)7-13/h1-8H,(H2,20,21,22,23). The van der Waals surface area contributed by atoms with Gasteiger partial charge in [0.05, 0.1) is 4.92 Å². The van der Waals surface area contributed by atoms with Crippen molar-refractivity contribution in [2.45, 2.75) is 0 Å². The van der Waals surface area contributed by atoms with Gasteiger partial charge in [0.15, 0.2) is 0 Å². The molecule has 0 amide bonds. The molecule has 0 aliphatic carbocycles. The molecular formula is C16H10BrCl2N5O2. The fourth-order valence-corrected chi connectivity index (χ4v) is 2.96. The summed E-state index contributed by atoms with van der Waals surface area (Å²) < 4.78 is 0.889. The molecule has 2 N–H and O–H groups in total. The van der Waals surface area contributed by atoms with Gasteiger partial charge < -0.3 is 10.6 Å². The highest BCUT2D eigenvalue weighted by Crippen LogP contribution is 2.34. The zero-order valence-electron chi connectivity index (χ0n) is 12.9. The summed E-state index contributed by atoms with van der Waals surface area (Å²) in [6.07, 6.45) is 1.22. The van der Waals surface area contributed by atoms with E-state index in [1.807, 2.05) is 12.1 Å². The summed E-state index contributed by atoms with van der Waals surface area (Å²) in [4.78, 5) is 19.0. The van der Waals surface area contributed by atoms with Crippen LogP contribution in [0.3, 0.4) is 0 Å². The number of hydrogen-bond acceptors (Lipinski definition) is 6. The normalized spacial score (nSPS) is 10.4. The Bertz CT molecular complexity index is 949. The third kappa shape index (κ3) is 4.40. The first-order chi connectivity index (χ1) is 12.4. The van der Waals surface area contributed by atoms with E-state index in [-0.39, 0.29) is 17.3 Å². The largest absolute Gasteiger partial charge is 0.353 e. The lowest BCUT2D eigenvalue weighted by molar-refractivity contribution is -0.383. The van der Waals surface area contributed by atoms with Crippen molar-refractivity contribution in [3.8, 4) is 0 Å². The molecule has 10 heteroatoms. The summed E-state index contributed by atoms with van der Waals surface area (Å²) in [5.41, 5.74) is 0.817. The zero-order chi connectivity index (χ0) is 18.7. The van der Waals surface area contributed by atoms with E-state index in [2.05, 4.69) is 36.5 Å². The van der Waals surface area contributed by atoms with Gasteiger partial charge in [-0.2, -0.15) is 0 Å². The van der Waals surface area contributed by atoms with E-state index in [0.29, 0.717) is 21.4 Å². The van der Waals surface area contributed by atoms with Crippen molar-refractivity contribution in [1.82, 2.24) is 9.97 Å². The Morgan fingerprint density at radius 3 is 2.00 bits per heavy atom. The Balaban J connectivity index is 1.98. The molecule has 3 aromatic rings. The van der Waals surface area contributed by atoms with Gasteiger partial charge in [0.1, 0.15) is 6.33 Å². The number of hydrogen-bond donors (Lipinski definition) is 2. The summed E-state index contributed by atoms with van der Waals surface area (Å²) in [6, 6.07) is 11.9. The molecule has 2 aromatic carbocycles. The maximum atomic E-state index is 11.6. The maximum Gasteiger partial charge on any atom is 0.353 e. The van der Waals surface area contributed by atoms with Gasteiger partial charge in [-0.25, -0.2) is 9.97 Å². The van der Waals surface area contributed by atoms with Crippen molar-refractivity contribution in [3.63, 3.8) is 0 Å². The average molecular weight is 455 g/mol. The van der Waals surface area contributed by atoms with Gasteiger partial charge in [-0.05, 0) is 42.5 Å². The third-order valence-corrected chi connectivity index (χ3v) is 4.20. The summed E-state index contributed by atoms with van der Waals surface area (Å²) in [5, 5.41) is 18.2. The van der Waals surface area contributed by atoms with Crippen LogP contribution in [0.1, 0.15) is 0 Å². The summed E-state index contributed by atoms with van der Waals surface area (Å²) in [7, 11) is 0. The van der Waals surface area contributed by atoms with Crippen molar-refractivity contribution in [1.29, 1.82) is 0 Å². The molecule has 0 radical (unpaired) electrons. The van der Waals surface area contributed by atoms with Gasteiger partial charge in [0.2, 0.25) is 11.6 Å². The monoisotopic (exact) mass is 453 g/mol. The molecule has 0 unspecified atom stereocenters. The molecule has 3 rings (SSSR count). The fraction of sp³-hybridized carbons (Fsp3) is 0. The molecular weight excluding hydrogens is 445 g/mol. The van der Waals surface area contributed by atoms with Crippen molar-refractivity contribution >= 4 is 67.8 Å². The molecule has 0 saturated carbocycles. The minimum Gasteiger partial charge on any atom is -0.334 e. The predicted molar refractivity (Wildman–Crippen MR) is 106 cm³/mol. The van der Waals surface area contributed by atoms with Crippen LogP contribution in [0.4, 0.5) is 28.7 Å². The molecule has 26 heavy (non-hydrogen) atoms. The van der Waals surface area contributed by atoms with Crippen LogP contribution in [-0.2, 0) is 0 Å². The Morgan fingerprint density at radius 2 is 1.46 bits per heavy atom. The van der Waals surface area contributed by atoms with Gasteiger partial charge in [-0.3, -0.25) is 10.1 Å². The molecule has 0 aliphatic rings. The van der Waals surface area contributed by atoms with E-state index in [1.165, 1.54) is 6.33 Å². The lowest BCUT2D eigenvalue weighted by Crippen LogP contribution is -2.05. The molecule has 0 fully saturated rings. The highest BCUT2D eigenvalue weighted by molar-refractivity contribution is 9.10. The number of aromatic nitrogens is 2. The Labute approximate surface area is 166 Å². The summed E-state index contributed by atoms with van der Waals surface area (Å²) >= 11 is 15.3. The Kier molecular flexibility index (Phi) is 5.55. The number of nitrogens with zero attached hydrogens (tertiary/aromatic N) is 3. The van der Waals surface area contributed by atoms with Crippen LogP contribution in [0.2, 0.25) is 10.0 Å². The molecule has 0 aliphatic heterocycles. The second-order valence-electron chi connectivity index (χ2n) is 5.09. The van der Waals surface area contributed by atoms with Crippen LogP contribution >= 0.6 is 39.1 Å². The predicted octanol–water partition coefficient (Wildman–Crippen LogP) is 5.94.